The number of hydrazine groups is 1. The summed E-state index contributed by atoms with van der Waals surface area (Å²) in [5.74, 6) is -0.747. The van der Waals surface area contributed by atoms with Crippen molar-refractivity contribution in [3.05, 3.63) is 77.6 Å². The summed E-state index contributed by atoms with van der Waals surface area (Å²) < 4.78 is 1.98. The molecule has 0 radical (unpaired) electrons. The molecule has 2 aromatic carbocycles. The largest absolute Gasteiger partial charge is 0.318 e. The number of carbonyl (C=O) groups excluding carboxylic acids is 3. The van der Waals surface area contributed by atoms with Crippen LogP contribution < -0.4 is 15.8 Å². The average molecular weight is 435 g/mol. The van der Waals surface area contributed by atoms with E-state index in [4.69, 9.17) is 0 Å². The highest BCUT2D eigenvalue weighted by atomic mass is 32.2. The maximum Gasteiger partial charge on any atom is 0.271 e. The van der Waals surface area contributed by atoms with E-state index in [-0.39, 0.29) is 18.2 Å². The molecule has 0 saturated carbocycles. The number of hydrogen-bond acceptors (Lipinski definition) is 4. The van der Waals surface area contributed by atoms with Gasteiger partial charge >= 0.3 is 0 Å². The molecular formula is C23H22N4O3S. The van der Waals surface area contributed by atoms with Gasteiger partial charge in [0.25, 0.3) is 11.8 Å². The first-order chi connectivity index (χ1) is 15.0. The zero-order valence-electron chi connectivity index (χ0n) is 17.2. The number of benzene rings is 2. The first kappa shape index (κ1) is 20.7. The summed E-state index contributed by atoms with van der Waals surface area (Å²) in [4.78, 5) is 39.8. The van der Waals surface area contributed by atoms with Crippen molar-refractivity contribution in [3.8, 4) is 5.69 Å². The van der Waals surface area contributed by atoms with Gasteiger partial charge in [-0.1, -0.05) is 30.3 Å². The van der Waals surface area contributed by atoms with Gasteiger partial charge in [0.15, 0.2) is 0 Å². The summed E-state index contributed by atoms with van der Waals surface area (Å²) in [6, 6.07) is 19.0. The standard InChI is InChI=1S/C23H22N4O3S/c1-15-12-18(16(2)27(15)17-8-4-3-5-9-17)23(30)25-24-21(28)13-26-19-10-6-7-11-20(19)31-14-22(26)29/h3-12H,13-14H2,1-2H3,(H,24,28)(H,25,30). The summed E-state index contributed by atoms with van der Waals surface area (Å²) in [7, 11) is 0. The number of anilines is 1. The van der Waals surface area contributed by atoms with Crippen molar-refractivity contribution in [2.45, 2.75) is 18.7 Å². The zero-order valence-corrected chi connectivity index (χ0v) is 18.0. The van der Waals surface area contributed by atoms with Crippen molar-refractivity contribution in [2.24, 2.45) is 0 Å². The zero-order chi connectivity index (χ0) is 22.0. The topological polar surface area (TPSA) is 83.4 Å². The Morgan fingerprint density at radius 2 is 1.71 bits per heavy atom. The normalized spacial score (nSPS) is 13.0. The van der Waals surface area contributed by atoms with Crippen molar-refractivity contribution in [3.63, 3.8) is 0 Å². The Morgan fingerprint density at radius 1 is 1.00 bits per heavy atom. The van der Waals surface area contributed by atoms with Gasteiger partial charge in [0.1, 0.15) is 6.54 Å². The Morgan fingerprint density at radius 3 is 2.48 bits per heavy atom. The molecule has 0 aliphatic carbocycles. The third-order valence-electron chi connectivity index (χ3n) is 5.12. The fraction of sp³-hybridized carbons (Fsp3) is 0.174. The van der Waals surface area contributed by atoms with Gasteiger partial charge in [0.2, 0.25) is 5.91 Å². The van der Waals surface area contributed by atoms with E-state index in [9.17, 15) is 14.4 Å². The number of para-hydroxylation sites is 2. The Labute approximate surface area is 184 Å². The number of carbonyl (C=O) groups is 3. The molecule has 3 aromatic rings. The number of nitrogens with zero attached hydrogens (tertiary/aromatic N) is 2. The molecule has 4 rings (SSSR count). The van der Waals surface area contributed by atoms with Crippen LogP contribution in [0.1, 0.15) is 21.7 Å². The molecule has 2 N–H and O–H groups in total. The summed E-state index contributed by atoms with van der Waals surface area (Å²) in [5.41, 5.74) is 8.71. The second-order valence-electron chi connectivity index (χ2n) is 7.19. The molecule has 1 aliphatic heterocycles. The Balaban J connectivity index is 1.43. The van der Waals surface area contributed by atoms with Crippen LogP contribution in [0.25, 0.3) is 5.69 Å². The number of hydrogen-bond donors (Lipinski definition) is 2. The van der Waals surface area contributed by atoms with E-state index < -0.39 is 11.8 Å². The number of rotatable bonds is 4. The number of amides is 3. The van der Waals surface area contributed by atoms with E-state index in [0.29, 0.717) is 11.3 Å². The van der Waals surface area contributed by atoms with Gasteiger partial charge < -0.3 is 9.47 Å². The molecule has 0 spiro atoms. The molecule has 0 fully saturated rings. The number of fused-ring (bicyclic) bond motifs is 1. The maximum absolute atomic E-state index is 12.7. The lowest BCUT2D eigenvalue weighted by atomic mass is 10.2. The Hall–Kier alpha value is -3.52. The number of nitrogens with one attached hydrogen (secondary N) is 2. The molecule has 0 unspecified atom stereocenters. The minimum atomic E-state index is -0.472. The second-order valence-corrected chi connectivity index (χ2v) is 8.21. The molecule has 1 aromatic heterocycles. The van der Waals surface area contributed by atoms with Crippen molar-refractivity contribution < 1.29 is 14.4 Å². The molecule has 158 valence electrons. The summed E-state index contributed by atoms with van der Waals surface area (Å²) in [6.07, 6.45) is 0. The van der Waals surface area contributed by atoms with Crippen molar-refractivity contribution in [2.75, 3.05) is 17.2 Å². The third kappa shape index (κ3) is 4.20. The quantitative estimate of drug-likeness (QED) is 0.619. The number of aromatic nitrogens is 1. The highest BCUT2D eigenvalue weighted by Crippen LogP contribution is 2.34. The van der Waals surface area contributed by atoms with Crippen LogP contribution in [0.5, 0.6) is 0 Å². The van der Waals surface area contributed by atoms with E-state index in [0.717, 1.165) is 22.0 Å². The van der Waals surface area contributed by atoms with Gasteiger partial charge in [0.05, 0.1) is 17.0 Å². The number of aryl methyl sites for hydroxylation is 1. The van der Waals surface area contributed by atoms with E-state index in [1.165, 1.54) is 16.7 Å². The maximum atomic E-state index is 12.7. The van der Waals surface area contributed by atoms with Gasteiger partial charge in [0, 0.05) is 22.0 Å². The lowest BCUT2D eigenvalue weighted by Gasteiger charge is -2.28. The fourth-order valence-electron chi connectivity index (χ4n) is 3.67. The molecule has 31 heavy (non-hydrogen) atoms. The molecule has 3 amide bonds. The third-order valence-corrected chi connectivity index (χ3v) is 6.16. The van der Waals surface area contributed by atoms with Gasteiger partial charge in [-0.3, -0.25) is 25.2 Å². The predicted molar refractivity (Wildman–Crippen MR) is 120 cm³/mol. The van der Waals surface area contributed by atoms with E-state index in [1.54, 1.807) is 6.07 Å². The second kappa shape index (κ2) is 8.69. The van der Waals surface area contributed by atoms with E-state index >= 15 is 0 Å². The minimum absolute atomic E-state index is 0.142. The van der Waals surface area contributed by atoms with Crippen molar-refractivity contribution in [1.29, 1.82) is 0 Å². The van der Waals surface area contributed by atoms with Gasteiger partial charge in [-0.05, 0) is 44.2 Å². The van der Waals surface area contributed by atoms with Crippen LogP contribution in [0, 0.1) is 13.8 Å². The molecule has 8 heteroatoms. The van der Waals surface area contributed by atoms with Gasteiger partial charge in [-0.15, -0.1) is 11.8 Å². The monoisotopic (exact) mass is 434 g/mol. The molecule has 1 aliphatic rings. The van der Waals surface area contributed by atoms with E-state index in [2.05, 4.69) is 10.9 Å². The molecule has 0 saturated heterocycles. The molecular weight excluding hydrogens is 412 g/mol. The van der Waals surface area contributed by atoms with Crippen LogP contribution in [-0.2, 0) is 9.59 Å². The Bertz CT molecular complexity index is 1160. The smallest absolute Gasteiger partial charge is 0.271 e. The lowest BCUT2D eigenvalue weighted by Crippen LogP contribution is -2.49. The van der Waals surface area contributed by atoms with Crippen LogP contribution >= 0.6 is 11.8 Å². The van der Waals surface area contributed by atoms with Crippen molar-refractivity contribution >= 4 is 35.2 Å². The minimum Gasteiger partial charge on any atom is -0.318 e. The fourth-order valence-corrected chi connectivity index (χ4v) is 4.61. The van der Waals surface area contributed by atoms with Crippen LogP contribution in [0.2, 0.25) is 0 Å². The lowest BCUT2D eigenvalue weighted by molar-refractivity contribution is -0.123. The highest BCUT2D eigenvalue weighted by molar-refractivity contribution is 8.00. The van der Waals surface area contributed by atoms with Crippen molar-refractivity contribution in [1.82, 2.24) is 15.4 Å². The molecule has 0 atom stereocenters. The Kier molecular flexibility index (Phi) is 5.81. The summed E-state index contributed by atoms with van der Waals surface area (Å²) >= 11 is 1.45. The van der Waals surface area contributed by atoms with Gasteiger partial charge in [-0.25, -0.2) is 0 Å². The SMILES string of the molecule is Cc1cc(C(=O)NNC(=O)CN2C(=O)CSc3ccccc32)c(C)n1-c1ccccc1. The summed E-state index contributed by atoms with van der Waals surface area (Å²) in [5, 5.41) is 0. The van der Waals surface area contributed by atoms with Crippen LogP contribution in [0.3, 0.4) is 0 Å². The molecule has 2 heterocycles. The first-order valence-corrected chi connectivity index (χ1v) is 10.8. The van der Waals surface area contributed by atoms with Crippen LogP contribution in [0.15, 0.2) is 65.6 Å². The van der Waals surface area contributed by atoms with E-state index in [1.807, 2.05) is 73.0 Å². The van der Waals surface area contributed by atoms with Crippen LogP contribution in [-0.4, -0.2) is 34.6 Å². The predicted octanol–water partition coefficient (Wildman–Crippen LogP) is 2.99. The number of thioether (sulfide) groups is 1. The summed E-state index contributed by atoms with van der Waals surface area (Å²) in [6.45, 7) is 3.62. The molecule has 7 nitrogen and oxygen atoms in total. The van der Waals surface area contributed by atoms with Gasteiger partial charge in [-0.2, -0.15) is 0 Å². The average Bonchev–Trinajstić information content (AvgIpc) is 3.08. The van der Waals surface area contributed by atoms with Crippen LogP contribution in [0.4, 0.5) is 5.69 Å². The highest BCUT2D eigenvalue weighted by Gasteiger charge is 2.26. The first-order valence-electron chi connectivity index (χ1n) is 9.81. The molecule has 0 bridgehead atoms.